The first-order chi connectivity index (χ1) is 23.5. The van der Waals surface area contributed by atoms with Gasteiger partial charge in [-0.25, -0.2) is 9.67 Å². The Morgan fingerprint density at radius 1 is 0.824 bits per heavy atom. The molecular weight excluding hydrogens is 691 g/mol. The molecule has 5 aliphatic carbocycles. The maximum Gasteiger partial charge on any atom is 0.324 e. The molecule has 0 bridgehead atoms. The van der Waals surface area contributed by atoms with Crippen molar-refractivity contribution >= 4 is 35.5 Å². The molecule has 0 aromatic heterocycles. The highest BCUT2D eigenvalue weighted by Crippen LogP contribution is 2.89. The van der Waals surface area contributed by atoms with Crippen molar-refractivity contribution in [2.75, 3.05) is 0 Å². The van der Waals surface area contributed by atoms with Crippen LogP contribution in [-0.2, 0) is 23.8 Å². The fourth-order valence-corrected chi connectivity index (χ4v) is 14.4. The number of halogens is 2. The van der Waals surface area contributed by atoms with Gasteiger partial charge in [0.1, 0.15) is 24.3 Å². The zero-order valence-corrected chi connectivity index (χ0v) is 34.4. The molecule has 6 aliphatic rings. The van der Waals surface area contributed by atoms with Gasteiger partial charge in [0, 0.05) is 17.3 Å². The highest BCUT2D eigenvalue weighted by atomic mass is 35.5. The summed E-state index contributed by atoms with van der Waals surface area (Å²) in [5.74, 6) is -0.718. The highest BCUT2D eigenvalue weighted by molar-refractivity contribution is 6.15. The van der Waals surface area contributed by atoms with E-state index in [4.69, 9.17) is 37.8 Å². The van der Waals surface area contributed by atoms with Crippen LogP contribution < -0.4 is 9.67 Å². The molecule has 11 heteroatoms. The van der Waals surface area contributed by atoms with Crippen LogP contribution >= 0.6 is 23.6 Å². The molecule has 0 aromatic carbocycles. The fraction of sp³-hybridized carbons (Fsp3) is 0.950. The number of carbonyl (C=O) groups excluding carboxylic acids is 2. The molecule has 6 rings (SSSR count). The summed E-state index contributed by atoms with van der Waals surface area (Å²) in [4.78, 5) is 32.7. The first kappa shape index (κ1) is 40.0. The van der Waals surface area contributed by atoms with E-state index in [1.54, 1.807) is 0 Å². The minimum absolute atomic E-state index is 0.0281. The van der Waals surface area contributed by atoms with E-state index < -0.39 is 40.9 Å². The molecule has 9 nitrogen and oxygen atoms in total. The highest BCUT2D eigenvalue weighted by Gasteiger charge is 2.85. The van der Waals surface area contributed by atoms with E-state index in [9.17, 15) is 19.8 Å². The maximum absolute atomic E-state index is 14.0. The van der Waals surface area contributed by atoms with Gasteiger partial charge in [-0.1, -0.05) is 55.4 Å². The Morgan fingerprint density at radius 3 is 1.94 bits per heavy atom. The molecular formula is C40H66Cl2N2O7. The summed E-state index contributed by atoms with van der Waals surface area (Å²) in [5.41, 5.74) is -2.50. The summed E-state index contributed by atoms with van der Waals surface area (Å²) in [6.07, 6.45) is 6.00. The van der Waals surface area contributed by atoms with Gasteiger partial charge in [-0.3, -0.25) is 9.59 Å². The molecule has 4 N–H and O–H groups in total. The van der Waals surface area contributed by atoms with Gasteiger partial charge in [-0.15, -0.1) is 0 Å². The van der Waals surface area contributed by atoms with Crippen LogP contribution in [0, 0.1) is 56.7 Å². The first-order valence-corrected chi connectivity index (χ1v) is 20.5. The van der Waals surface area contributed by atoms with Crippen molar-refractivity contribution in [3.63, 3.8) is 0 Å². The Kier molecular flexibility index (Phi) is 10.2. The molecule has 14 atom stereocenters. The zero-order chi connectivity index (χ0) is 37.9. The summed E-state index contributed by atoms with van der Waals surface area (Å²) in [6.45, 7) is 22.8. The number of aliphatic hydroxyl groups is 2. The second kappa shape index (κ2) is 12.9. The van der Waals surface area contributed by atoms with Gasteiger partial charge in [0.25, 0.3) is 0 Å². The van der Waals surface area contributed by atoms with Gasteiger partial charge in [0.05, 0.1) is 23.4 Å². The molecule has 3 unspecified atom stereocenters. The largest absolute Gasteiger partial charge is 0.461 e. The second-order valence-corrected chi connectivity index (χ2v) is 20.8. The average Bonchev–Trinajstić information content (AvgIpc) is 3.36. The van der Waals surface area contributed by atoms with Crippen molar-refractivity contribution in [1.29, 1.82) is 0 Å². The molecule has 1 saturated heterocycles. The third-order valence-electron chi connectivity index (χ3n) is 16.3. The Balaban J connectivity index is 1.37. The van der Waals surface area contributed by atoms with Crippen LogP contribution in [-0.4, -0.2) is 69.9 Å². The molecule has 5 saturated carbocycles. The van der Waals surface area contributed by atoms with Crippen molar-refractivity contribution in [2.24, 2.45) is 56.7 Å². The van der Waals surface area contributed by atoms with E-state index >= 15 is 0 Å². The molecule has 1 aliphatic heterocycles. The zero-order valence-electron chi connectivity index (χ0n) is 32.9. The van der Waals surface area contributed by atoms with E-state index in [1.165, 1.54) is 0 Å². The second-order valence-electron chi connectivity index (χ2n) is 20.4. The molecule has 6 fully saturated rings. The number of ether oxygens (including phenoxy) is 3. The topological polar surface area (TPSA) is 126 Å². The van der Waals surface area contributed by atoms with E-state index in [0.717, 1.165) is 44.9 Å². The van der Waals surface area contributed by atoms with E-state index in [-0.39, 0.29) is 75.4 Å². The summed E-state index contributed by atoms with van der Waals surface area (Å²) >= 11 is 12.2. The third-order valence-corrected chi connectivity index (χ3v) is 16.8. The smallest absolute Gasteiger partial charge is 0.324 e. The van der Waals surface area contributed by atoms with Crippen LogP contribution in [0.3, 0.4) is 0 Å². The lowest BCUT2D eigenvalue weighted by molar-refractivity contribution is -0.226. The lowest BCUT2D eigenvalue weighted by Crippen LogP contribution is -2.63. The fourth-order valence-electron chi connectivity index (χ4n) is 13.7. The summed E-state index contributed by atoms with van der Waals surface area (Å²) < 4.78 is 19.8. The van der Waals surface area contributed by atoms with E-state index in [1.807, 2.05) is 41.5 Å². The number of rotatable bonds is 10. The lowest BCUT2D eigenvalue weighted by atomic mass is 9.41. The van der Waals surface area contributed by atoms with Gasteiger partial charge < -0.3 is 24.4 Å². The van der Waals surface area contributed by atoms with E-state index in [2.05, 4.69) is 44.3 Å². The van der Waals surface area contributed by atoms with Crippen LogP contribution in [0.2, 0.25) is 0 Å². The van der Waals surface area contributed by atoms with Crippen molar-refractivity contribution in [3.05, 3.63) is 0 Å². The van der Waals surface area contributed by atoms with Crippen molar-refractivity contribution in [1.82, 2.24) is 9.67 Å². The number of hydrogen-bond acceptors (Lipinski definition) is 9. The number of hydrogen-bond donors (Lipinski definition) is 4. The number of esters is 2. The summed E-state index contributed by atoms with van der Waals surface area (Å²) in [5, 5.41) is 23.0. The Bertz CT molecular complexity index is 1370. The van der Waals surface area contributed by atoms with Gasteiger partial charge in [-0.2, -0.15) is 0 Å². The number of carbonyl (C=O) groups is 2. The van der Waals surface area contributed by atoms with Crippen molar-refractivity contribution in [3.8, 4) is 0 Å². The van der Waals surface area contributed by atoms with Crippen LogP contribution in [0.15, 0.2) is 0 Å². The van der Waals surface area contributed by atoms with Gasteiger partial charge in [0.15, 0.2) is 0 Å². The van der Waals surface area contributed by atoms with E-state index in [0.29, 0.717) is 12.8 Å². The monoisotopic (exact) mass is 756 g/mol. The average molecular weight is 758 g/mol. The van der Waals surface area contributed by atoms with Crippen LogP contribution in [0.1, 0.15) is 134 Å². The molecule has 292 valence electrons. The molecule has 0 radical (unpaired) electrons. The third kappa shape index (κ3) is 5.77. The van der Waals surface area contributed by atoms with Crippen molar-refractivity contribution < 1.29 is 34.0 Å². The predicted molar refractivity (Wildman–Crippen MR) is 197 cm³/mol. The molecule has 51 heavy (non-hydrogen) atoms. The van der Waals surface area contributed by atoms with Gasteiger partial charge in [0.2, 0.25) is 0 Å². The Morgan fingerprint density at radius 2 is 1.41 bits per heavy atom. The molecule has 0 aromatic rings. The van der Waals surface area contributed by atoms with Gasteiger partial charge >= 0.3 is 11.9 Å². The number of fused-ring (bicyclic) bond motifs is 2. The Hall–Kier alpha value is -0.680. The lowest BCUT2D eigenvalue weighted by Gasteiger charge is -2.64. The summed E-state index contributed by atoms with van der Waals surface area (Å²) in [6, 6.07) is -1.29. The van der Waals surface area contributed by atoms with Crippen LogP contribution in [0.25, 0.3) is 0 Å². The maximum atomic E-state index is 14.0. The molecule has 1 heterocycles. The minimum atomic E-state index is -0.958. The standard InChI is InChI=1S/C40H66Cl2N2O7/c1-21(2)28(43-41)32(46)49-24-18-25-37(10)19-23(45)30(38(11)14-12-27(51-38)35(7,8)48)36(37,9)16-17-39(25)20-40(39)15-13-26(34(5,6)31(24)40)50-33(47)29(44-42)22(3)4/h21-31,43-45,48H,12-20H2,1-11H3/t23-,24-,25?,26-,27-,28+,29+,30-,31-,36+,37-,38+,39?,40?/m0/s1. The summed E-state index contributed by atoms with van der Waals surface area (Å²) in [7, 11) is 0. The predicted octanol–water partition coefficient (Wildman–Crippen LogP) is 7.07. The van der Waals surface area contributed by atoms with Crippen molar-refractivity contribution in [2.45, 2.75) is 182 Å². The van der Waals surface area contributed by atoms with Crippen LogP contribution in [0.5, 0.6) is 0 Å². The number of aliphatic hydroxyl groups excluding tert-OH is 1. The Labute approximate surface area is 316 Å². The van der Waals surface area contributed by atoms with Crippen LogP contribution in [0.4, 0.5) is 0 Å². The minimum Gasteiger partial charge on any atom is -0.461 e. The number of nitrogens with one attached hydrogen (secondary N) is 2. The first-order valence-electron chi connectivity index (χ1n) is 19.7. The van der Waals surface area contributed by atoms with Gasteiger partial charge in [-0.05, 0) is 142 Å². The molecule has 0 amide bonds. The normalized spacial score (nSPS) is 46.8. The SMILES string of the molecule is CC(C)[C@@H](NCl)C(=O)O[C@H]1CC2C3(CC[C@]4(C)[C@@H]([C@@]5(C)CC[C@@H](C(C)(C)O)O5)[C@@H](O)C[C@@]24C)CC32CC[C@H](OC(=O)[C@H](NCl)C(C)C)C(C)(C)[C@H]12. The quantitative estimate of drug-likeness (QED) is 0.137. The molecule has 2 spiro atoms.